The molecule has 0 spiro atoms. The highest BCUT2D eigenvalue weighted by atomic mass is 32.2. The second-order valence-electron chi connectivity index (χ2n) is 6.80. The summed E-state index contributed by atoms with van der Waals surface area (Å²) >= 11 is 1.40. The lowest BCUT2D eigenvalue weighted by atomic mass is 10.2. The molecule has 4 rings (SSSR count). The van der Waals surface area contributed by atoms with Crippen molar-refractivity contribution in [2.24, 2.45) is 0 Å². The molecule has 2 aromatic rings. The molecule has 0 saturated carbocycles. The van der Waals surface area contributed by atoms with Crippen molar-refractivity contribution in [3.63, 3.8) is 0 Å². The number of amides is 1. The SMILES string of the molecule is C=CCn1c(SC(C)C(=O)N2CCOCC2)nnc1C1COc2ccccc2O1. The maximum atomic E-state index is 12.7. The van der Waals surface area contributed by atoms with E-state index in [4.69, 9.17) is 14.2 Å². The zero-order valence-corrected chi connectivity index (χ0v) is 17.1. The number of carbonyl (C=O) groups is 1. The summed E-state index contributed by atoms with van der Waals surface area (Å²) in [6.45, 7) is 9.02. The van der Waals surface area contributed by atoms with Crippen LogP contribution in [0.15, 0.2) is 42.1 Å². The third-order valence-electron chi connectivity index (χ3n) is 4.81. The summed E-state index contributed by atoms with van der Waals surface area (Å²) in [6.07, 6.45) is 1.40. The van der Waals surface area contributed by atoms with Gasteiger partial charge in [-0.05, 0) is 19.1 Å². The number of hydrogen-bond acceptors (Lipinski definition) is 7. The van der Waals surface area contributed by atoms with Crippen molar-refractivity contribution in [2.45, 2.75) is 30.0 Å². The minimum atomic E-state index is -0.378. The first-order chi connectivity index (χ1) is 14.2. The van der Waals surface area contributed by atoms with Crippen molar-refractivity contribution in [1.29, 1.82) is 0 Å². The first-order valence-corrected chi connectivity index (χ1v) is 10.5. The minimum Gasteiger partial charge on any atom is -0.485 e. The molecule has 0 radical (unpaired) electrons. The van der Waals surface area contributed by atoms with E-state index >= 15 is 0 Å². The summed E-state index contributed by atoms with van der Waals surface area (Å²) in [5.74, 6) is 2.15. The van der Waals surface area contributed by atoms with E-state index in [2.05, 4.69) is 16.8 Å². The van der Waals surface area contributed by atoms with Crippen LogP contribution in [0.5, 0.6) is 11.5 Å². The molecule has 154 valence electrons. The Hall–Kier alpha value is -2.52. The van der Waals surface area contributed by atoms with Crippen LogP contribution < -0.4 is 9.47 Å². The zero-order valence-electron chi connectivity index (χ0n) is 16.3. The molecule has 0 N–H and O–H groups in total. The molecule has 29 heavy (non-hydrogen) atoms. The Morgan fingerprint density at radius 3 is 2.83 bits per heavy atom. The average molecular weight is 417 g/mol. The molecule has 1 saturated heterocycles. The molecule has 1 amide bonds. The topological polar surface area (TPSA) is 78.7 Å². The number of aromatic nitrogens is 3. The van der Waals surface area contributed by atoms with Crippen molar-refractivity contribution >= 4 is 17.7 Å². The molecule has 2 aliphatic rings. The van der Waals surface area contributed by atoms with E-state index in [0.29, 0.717) is 56.2 Å². The van der Waals surface area contributed by atoms with Crippen molar-refractivity contribution in [2.75, 3.05) is 32.9 Å². The van der Waals surface area contributed by atoms with E-state index in [1.807, 2.05) is 40.7 Å². The van der Waals surface area contributed by atoms with Gasteiger partial charge in [0.1, 0.15) is 6.61 Å². The van der Waals surface area contributed by atoms with E-state index < -0.39 is 0 Å². The van der Waals surface area contributed by atoms with Crippen LogP contribution >= 0.6 is 11.8 Å². The van der Waals surface area contributed by atoms with Crippen molar-refractivity contribution < 1.29 is 19.0 Å². The smallest absolute Gasteiger partial charge is 0.236 e. The summed E-state index contributed by atoms with van der Waals surface area (Å²) in [4.78, 5) is 14.6. The first-order valence-electron chi connectivity index (χ1n) is 9.63. The maximum absolute atomic E-state index is 12.7. The van der Waals surface area contributed by atoms with Gasteiger partial charge < -0.3 is 19.1 Å². The number of fused-ring (bicyclic) bond motifs is 1. The number of allylic oxidation sites excluding steroid dienone is 1. The number of rotatable bonds is 6. The first kappa shape index (κ1) is 19.8. The highest BCUT2D eigenvalue weighted by molar-refractivity contribution is 8.00. The van der Waals surface area contributed by atoms with Crippen LogP contribution in [0.1, 0.15) is 18.9 Å². The van der Waals surface area contributed by atoms with Gasteiger partial charge in [-0.2, -0.15) is 0 Å². The number of hydrogen-bond donors (Lipinski definition) is 0. The number of carbonyl (C=O) groups excluding carboxylic acids is 1. The zero-order chi connectivity index (χ0) is 20.2. The largest absolute Gasteiger partial charge is 0.485 e. The molecule has 9 heteroatoms. The van der Waals surface area contributed by atoms with Gasteiger partial charge in [0.2, 0.25) is 5.91 Å². The summed E-state index contributed by atoms with van der Waals surface area (Å²) in [5.41, 5.74) is 0. The third kappa shape index (κ3) is 4.25. The lowest BCUT2D eigenvalue weighted by Crippen LogP contribution is -2.44. The molecule has 2 aliphatic heterocycles. The second kappa shape index (κ2) is 8.87. The van der Waals surface area contributed by atoms with Crippen LogP contribution in [-0.4, -0.2) is 63.7 Å². The number of ether oxygens (including phenoxy) is 3. The lowest BCUT2D eigenvalue weighted by Gasteiger charge is -2.29. The normalized spacial score (nSPS) is 19.6. The monoisotopic (exact) mass is 416 g/mol. The Balaban J connectivity index is 1.51. The van der Waals surface area contributed by atoms with Gasteiger partial charge in [-0.15, -0.1) is 16.8 Å². The predicted octanol–water partition coefficient (Wildman–Crippen LogP) is 2.32. The van der Waals surface area contributed by atoms with Crippen LogP contribution in [0.25, 0.3) is 0 Å². The molecule has 8 nitrogen and oxygen atoms in total. The van der Waals surface area contributed by atoms with Crippen LogP contribution in [0.2, 0.25) is 0 Å². The fraction of sp³-hybridized carbons (Fsp3) is 0.450. The number of thioether (sulfide) groups is 1. The Labute approximate surface area is 173 Å². The maximum Gasteiger partial charge on any atom is 0.236 e. The molecule has 1 fully saturated rings. The van der Waals surface area contributed by atoms with Crippen molar-refractivity contribution in [3.8, 4) is 11.5 Å². The van der Waals surface area contributed by atoms with Crippen LogP contribution in [0, 0.1) is 0 Å². The van der Waals surface area contributed by atoms with E-state index in [-0.39, 0.29) is 17.3 Å². The third-order valence-corrected chi connectivity index (χ3v) is 5.87. The molecule has 2 unspecified atom stereocenters. The Morgan fingerprint density at radius 2 is 2.07 bits per heavy atom. The molecule has 2 atom stereocenters. The predicted molar refractivity (Wildman–Crippen MR) is 108 cm³/mol. The van der Waals surface area contributed by atoms with Crippen molar-refractivity contribution in [1.82, 2.24) is 19.7 Å². The highest BCUT2D eigenvalue weighted by Crippen LogP contribution is 2.36. The van der Waals surface area contributed by atoms with E-state index in [1.54, 1.807) is 6.08 Å². The molecule has 1 aromatic carbocycles. The number of benzene rings is 1. The Bertz CT molecular complexity index is 881. The highest BCUT2D eigenvalue weighted by Gasteiger charge is 2.30. The fourth-order valence-electron chi connectivity index (χ4n) is 3.32. The number of para-hydroxylation sites is 2. The number of morpholine rings is 1. The van der Waals surface area contributed by atoms with Crippen LogP contribution in [0.3, 0.4) is 0 Å². The van der Waals surface area contributed by atoms with Crippen LogP contribution in [-0.2, 0) is 16.1 Å². The molecule has 0 aliphatic carbocycles. The Morgan fingerprint density at radius 1 is 1.31 bits per heavy atom. The molecule has 1 aromatic heterocycles. The lowest BCUT2D eigenvalue weighted by molar-refractivity contribution is -0.134. The van der Waals surface area contributed by atoms with Gasteiger partial charge in [0.05, 0.1) is 18.5 Å². The van der Waals surface area contributed by atoms with Gasteiger partial charge in [-0.3, -0.25) is 9.36 Å². The molecular weight excluding hydrogens is 392 g/mol. The van der Waals surface area contributed by atoms with E-state index in [1.165, 1.54) is 11.8 Å². The van der Waals surface area contributed by atoms with Gasteiger partial charge in [0.25, 0.3) is 0 Å². The van der Waals surface area contributed by atoms with Crippen LogP contribution in [0.4, 0.5) is 0 Å². The van der Waals surface area contributed by atoms with Gasteiger partial charge in [0.15, 0.2) is 28.6 Å². The summed E-state index contributed by atoms with van der Waals surface area (Å²) in [5, 5.41) is 9.07. The molecular formula is C20H24N4O4S. The molecule has 0 bridgehead atoms. The van der Waals surface area contributed by atoms with Crippen molar-refractivity contribution in [3.05, 3.63) is 42.7 Å². The standard InChI is InChI=1S/C20H24N4O4S/c1-3-8-24-18(17-13-27-15-6-4-5-7-16(15)28-17)21-22-20(24)29-14(2)19(25)23-9-11-26-12-10-23/h3-7,14,17H,1,8-13H2,2H3. The van der Waals surface area contributed by atoms with Gasteiger partial charge in [-0.25, -0.2) is 0 Å². The average Bonchev–Trinajstić information content (AvgIpc) is 3.16. The summed E-state index contributed by atoms with van der Waals surface area (Å²) in [7, 11) is 0. The summed E-state index contributed by atoms with van der Waals surface area (Å²) < 4.78 is 19.2. The minimum absolute atomic E-state index is 0.0826. The van der Waals surface area contributed by atoms with E-state index in [9.17, 15) is 4.79 Å². The summed E-state index contributed by atoms with van der Waals surface area (Å²) in [6, 6.07) is 7.55. The van der Waals surface area contributed by atoms with Gasteiger partial charge in [-0.1, -0.05) is 30.0 Å². The van der Waals surface area contributed by atoms with E-state index in [0.717, 1.165) is 5.75 Å². The van der Waals surface area contributed by atoms with Gasteiger partial charge >= 0.3 is 0 Å². The second-order valence-corrected chi connectivity index (χ2v) is 8.11. The molecule has 3 heterocycles. The van der Waals surface area contributed by atoms with Gasteiger partial charge in [0, 0.05) is 19.6 Å². The fourth-order valence-corrected chi connectivity index (χ4v) is 4.27. The number of nitrogens with zero attached hydrogens (tertiary/aromatic N) is 4. The quantitative estimate of drug-likeness (QED) is 0.528. The Kier molecular flexibility index (Phi) is 6.05.